The fourth-order valence-electron chi connectivity index (χ4n) is 2.75. The first kappa shape index (κ1) is 14.3. The standard InChI is InChI=1S/C14H24N2O3/c1-9(2)12-14(18)16(10(3)13(17)15-12)8-11-4-6-19-7-5-11/h9-12H,4-8H2,1-3H3,(H,15,17). The van der Waals surface area contributed by atoms with Crippen molar-refractivity contribution in [1.82, 2.24) is 10.2 Å². The summed E-state index contributed by atoms with van der Waals surface area (Å²) in [5.41, 5.74) is 0. The average molecular weight is 268 g/mol. The van der Waals surface area contributed by atoms with E-state index in [0.717, 1.165) is 26.1 Å². The topological polar surface area (TPSA) is 58.6 Å². The number of nitrogens with one attached hydrogen (secondary N) is 1. The molecule has 108 valence electrons. The monoisotopic (exact) mass is 268 g/mol. The lowest BCUT2D eigenvalue weighted by molar-refractivity contribution is -0.151. The van der Waals surface area contributed by atoms with E-state index in [1.165, 1.54) is 0 Å². The van der Waals surface area contributed by atoms with E-state index < -0.39 is 0 Å². The van der Waals surface area contributed by atoms with Crippen LogP contribution in [0.2, 0.25) is 0 Å². The van der Waals surface area contributed by atoms with Crippen LogP contribution in [0.25, 0.3) is 0 Å². The van der Waals surface area contributed by atoms with Gasteiger partial charge < -0.3 is 15.0 Å². The van der Waals surface area contributed by atoms with Crippen LogP contribution in [0.5, 0.6) is 0 Å². The number of amides is 2. The Kier molecular flexibility index (Phi) is 4.45. The third-order valence-electron chi connectivity index (χ3n) is 4.16. The molecule has 0 spiro atoms. The summed E-state index contributed by atoms with van der Waals surface area (Å²) in [4.78, 5) is 26.2. The lowest BCUT2D eigenvalue weighted by atomic mass is 9.94. The molecule has 2 heterocycles. The van der Waals surface area contributed by atoms with Crippen LogP contribution in [0.15, 0.2) is 0 Å². The summed E-state index contributed by atoms with van der Waals surface area (Å²) in [6.07, 6.45) is 1.95. The van der Waals surface area contributed by atoms with Crippen LogP contribution in [0, 0.1) is 11.8 Å². The fourth-order valence-corrected chi connectivity index (χ4v) is 2.75. The highest BCUT2D eigenvalue weighted by atomic mass is 16.5. The molecule has 2 amide bonds. The van der Waals surface area contributed by atoms with Gasteiger partial charge in [0, 0.05) is 19.8 Å². The van der Waals surface area contributed by atoms with Crippen molar-refractivity contribution in [1.29, 1.82) is 0 Å². The number of hydrogen-bond acceptors (Lipinski definition) is 3. The van der Waals surface area contributed by atoms with Crippen LogP contribution in [-0.4, -0.2) is 48.6 Å². The van der Waals surface area contributed by atoms with E-state index in [1.54, 1.807) is 4.90 Å². The SMILES string of the molecule is CC(C)C1NC(=O)C(C)N(CC2CCOCC2)C1=O. The number of hydrogen-bond donors (Lipinski definition) is 1. The summed E-state index contributed by atoms with van der Waals surface area (Å²) in [6.45, 7) is 7.95. The van der Waals surface area contributed by atoms with Crippen molar-refractivity contribution in [3.8, 4) is 0 Å². The summed E-state index contributed by atoms with van der Waals surface area (Å²) in [7, 11) is 0. The molecule has 0 saturated carbocycles. The highest BCUT2D eigenvalue weighted by molar-refractivity contribution is 5.96. The molecule has 0 aromatic rings. The minimum Gasteiger partial charge on any atom is -0.381 e. The smallest absolute Gasteiger partial charge is 0.246 e. The van der Waals surface area contributed by atoms with Crippen molar-refractivity contribution in [3.05, 3.63) is 0 Å². The Morgan fingerprint density at radius 3 is 2.53 bits per heavy atom. The maximum atomic E-state index is 12.5. The van der Waals surface area contributed by atoms with Crippen molar-refractivity contribution in [2.24, 2.45) is 11.8 Å². The zero-order valence-electron chi connectivity index (χ0n) is 12.0. The lowest BCUT2D eigenvalue weighted by Crippen LogP contribution is -2.64. The molecule has 2 aliphatic heterocycles. The molecule has 2 atom stereocenters. The van der Waals surface area contributed by atoms with Crippen LogP contribution in [0.4, 0.5) is 0 Å². The van der Waals surface area contributed by atoms with Gasteiger partial charge in [-0.1, -0.05) is 13.8 Å². The minimum absolute atomic E-state index is 0.0367. The second kappa shape index (κ2) is 5.90. The first-order valence-corrected chi connectivity index (χ1v) is 7.19. The average Bonchev–Trinajstić information content (AvgIpc) is 2.40. The molecule has 0 radical (unpaired) electrons. The van der Waals surface area contributed by atoms with E-state index in [0.29, 0.717) is 12.5 Å². The summed E-state index contributed by atoms with van der Waals surface area (Å²) < 4.78 is 5.34. The molecule has 5 nitrogen and oxygen atoms in total. The van der Waals surface area contributed by atoms with Crippen LogP contribution < -0.4 is 5.32 Å². The first-order chi connectivity index (χ1) is 9.00. The molecule has 0 aromatic carbocycles. The molecule has 2 fully saturated rings. The molecule has 0 bridgehead atoms. The third kappa shape index (κ3) is 3.08. The number of piperazine rings is 1. The van der Waals surface area contributed by atoms with E-state index in [2.05, 4.69) is 5.32 Å². The van der Waals surface area contributed by atoms with Crippen molar-refractivity contribution in [2.75, 3.05) is 19.8 Å². The maximum absolute atomic E-state index is 12.5. The molecule has 5 heteroatoms. The second-order valence-corrected chi connectivity index (χ2v) is 5.95. The minimum atomic E-state index is -0.372. The number of nitrogens with zero attached hydrogens (tertiary/aromatic N) is 1. The molecule has 2 unspecified atom stereocenters. The van der Waals surface area contributed by atoms with Gasteiger partial charge >= 0.3 is 0 Å². The quantitative estimate of drug-likeness (QED) is 0.823. The van der Waals surface area contributed by atoms with Gasteiger partial charge in [0.25, 0.3) is 0 Å². The molecule has 2 rings (SSSR count). The Bertz CT molecular complexity index is 351. The van der Waals surface area contributed by atoms with Crippen LogP contribution in [0.3, 0.4) is 0 Å². The van der Waals surface area contributed by atoms with E-state index in [9.17, 15) is 9.59 Å². The van der Waals surface area contributed by atoms with Crippen LogP contribution in [0.1, 0.15) is 33.6 Å². The van der Waals surface area contributed by atoms with Crippen molar-refractivity contribution in [2.45, 2.75) is 45.7 Å². The number of rotatable bonds is 3. The summed E-state index contributed by atoms with van der Waals surface area (Å²) in [5, 5.41) is 2.83. The normalized spacial score (nSPS) is 29.8. The Balaban J connectivity index is 2.06. The zero-order valence-corrected chi connectivity index (χ0v) is 12.0. The Morgan fingerprint density at radius 1 is 1.32 bits per heavy atom. The summed E-state index contributed by atoms with van der Waals surface area (Å²) >= 11 is 0. The first-order valence-electron chi connectivity index (χ1n) is 7.19. The highest BCUT2D eigenvalue weighted by Crippen LogP contribution is 2.21. The third-order valence-corrected chi connectivity index (χ3v) is 4.16. The molecular formula is C14H24N2O3. The molecule has 0 aromatic heterocycles. The van der Waals surface area contributed by atoms with Gasteiger partial charge in [0.1, 0.15) is 12.1 Å². The summed E-state index contributed by atoms with van der Waals surface area (Å²) in [5.74, 6) is 0.610. The Morgan fingerprint density at radius 2 is 1.95 bits per heavy atom. The predicted octanol–water partition coefficient (Wildman–Crippen LogP) is 0.784. The second-order valence-electron chi connectivity index (χ2n) is 5.95. The highest BCUT2D eigenvalue weighted by Gasteiger charge is 2.40. The molecule has 1 N–H and O–H groups in total. The van der Waals surface area contributed by atoms with E-state index >= 15 is 0 Å². The molecule has 2 saturated heterocycles. The maximum Gasteiger partial charge on any atom is 0.246 e. The number of ether oxygens (including phenoxy) is 1. The van der Waals surface area contributed by atoms with Gasteiger partial charge in [-0.3, -0.25) is 9.59 Å². The molecule has 2 aliphatic rings. The summed E-state index contributed by atoms with van der Waals surface area (Å²) in [6, 6.07) is -0.728. The van der Waals surface area contributed by atoms with Gasteiger partial charge in [-0.2, -0.15) is 0 Å². The lowest BCUT2D eigenvalue weighted by Gasteiger charge is -2.41. The van der Waals surface area contributed by atoms with Gasteiger partial charge in [-0.05, 0) is 31.6 Å². The van der Waals surface area contributed by atoms with Gasteiger partial charge in [-0.15, -0.1) is 0 Å². The van der Waals surface area contributed by atoms with E-state index in [1.807, 2.05) is 20.8 Å². The van der Waals surface area contributed by atoms with Crippen molar-refractivity contribution >= 4 is 11.8 Å². The van der Waals surface area contributed by atoms with Crippen LogP contribution >= 0.6 is 0 Å². The Hall–Kier alpha value is -1.10. The van der Waals surface area contributed by atoms with Crippen LogP contribution in [-0.2, 0) is 14.3 Å². The fraction of sp³-hybridized carbons (Fsp3) is 0.857. The molecule has 0 aliphatic carbocycles. The van der Waals surface area contributed by atoms with E-state index in [-0.39, 0.29) is 29.8 Å². The van der Waals surface area contributed by atoms with Gasteiger partial charge in [0.15, 0.2) is 0 Å². The number of carbonyl (C=O) groups excluding carboxylic acids is 2. The number of carbonyl (C=O) groups is 2. The zero-order chi connectivity index (χ0) is 14.0. The van der Waals surface area contributed by atoms with Crippen molar-refractivity contribution in [3.63, 3.8) is 0 Å². The largest absolute Gasteiger partial charge is 0.381 e. The van der Waals surface area contributed by atoms with Crippen molar-refractivity contribution < 1.29 is 14.3 Å². The van der Waals surface area contributed by atoms with Gasteiger partial charge in [0.2, 0.25) is 11.8 Å². The molecular weight excluding hydrogens is 244 g/mol. The Labute approximate surface area is 114 Å². The molecule has 19 heavy (non-hydrogen) atoms. The predicted molar refractivity (Wildman–Crippen MR) is 71.5 cm³/mol. The van der Waals surface area contributed by atoms with Gasteiger partial charge in [0.05, 0.1) is 0 Å². The van der Waals surface area contributed by atoms with Gasteiger partial charge in [-0.25, -0.2) is 0 Å². The van der Waals surface area contributed by atoms with E-state index in [4.69, 9.17) is 4.74 Å².